The zero-order valence-corrected chi connectivity index (χ0v) is 33.2. The van der Waals surface area contributed by atoms with Gasteiger partial charge in [-0.2, -0.15) is 8.42 Å². The Morgan fingerprint density at radius 2 is 0.723 bits per heavy atom. The van der Waals surface area contributed by atoms with Gasteiger partial charge in [-0.1, -0.05) is 162 Å². The summed E-state index contributed by atoms with van der Waals surface area (Å²) in [7, 11) is -3.57. The smallest absolute Gasteiger partial charge is 0.296 e. The van der Waals surface area contributed by atoms with Gasteiger partial charge < -0.3 is 4.48 Å². The molecule has 0 aliphatic rings. The molecule has 0 fully saturated rings. The first-order valence-corrected chi connectivity index (χ1v) is 22.1. The SMILES string of the molecule is CCCCCCCCCCCCOS(=O)(=O)c1ccccc1.CCCCCC[N+](CCCCCC)(CCCCCC)CCCCCC. The monoisotopic (exact) mass is 681 g/mol. The molecule has 47 heavy (non-hydrogen) atoms. The fourth-order valence-electron chi connectivity index (χ4n) is 6.58. The third-order valence-corrected chi connectivity index (χ3v) is 11.0. The molecule has 0 saturated carbocycles. The van der Waals surface area contributed by atoms with Gasteiger partial charge in [-0.25, -0.2) is 0 Å². The molecular weight excluding hydrogens is 599 g/mol. The van der Waals surface area contributed by atoms with E-state index in [1.165, 1.54) is 185 Å². The third kappa shape index (κ3) is 27.6. The molecule has 0 spiro atoms. The lowest BCUT2D eigenvalue weighted by atomic mass is 10.1. The molecule has 0 aliphatic heterocycles. The van der Waals surface area contributed by atoms with Gasteiger partial charge in [0, 0.05) is 0 Å². The van der Waals surface area contributed by atoms with Gasteiger partial charge in [0.2, 0.25) is 0 Å². The number of hydrogen-bond acceptors (Lipinski definition) is 3. The van der Waals surface area contributed by atoms with E-state index in [4.69, 9.17) is 4.18 Å². The van der Waals surface area contributed by atoms with Gasteiger partial charge in [0.15, 0.2) is 0 Å². The number of hydrogen-bond donors (Lipinski definition) is 0. The van der Waals surface area contributed by atoms with Gasteiger partial charge in [0.05, 0.1) is 37.7 Å². The van der Waals surface area contributed by atoms with Crippen molar-refractivity contribution in [1.29, 1.82) is 0 Å². The van der Waals surface area contributed by atoms with Crippen LogP contribution in [0, 0.1) is 0 Å². The van der Waals surface area contributed by atoms with E-state index in [0.717, 1.165) is 12.8 Å². The number of rotatable bonds is 33. The first-order chi connectivity index (χ1) is 22.9. The van der Waals surface area contributed by atoms with Gasteiger partial charge >= 0.3 is 0 Å². The molecule has 1 aromatic carbocycles. The Hall–Kier alpha value is -0.910. The second kappa shape index (κ2) is 33.6. The molecule has 0 radical (unpaired) electrons. The van der Waals surface area contributed by atoms with Crippen LogP contribution in [0.25, 0.3) is 0 Å². The predicted octanol–water partition coefficient (Wildman–Crippen LogP) is 13.4. The topological polar surface area (TPSA) is 43.4 Å². The minimum atomic E-state index is -3.57. The summed E-state index contributed by atoms with van der Waals surface area (Å²) in [6.45, 7) is 17.7. The Bertz CT molecular complexity index is 804. The zero-order chi connectivity index (χ0) is 34.7. The van der Waals surface area contributed by atoms with Crippen LogP contribution in [-0.2, 0) is 14.3 Å². The van der Waals surface area contributed by atoms with E-state index in [-0.39, 0.29) is 11.5 Å². The maximum atomic E-state index is 11.9. The molecule has 1 rings (SSSR count). The van der Waals surface area contributed by atoms with Crippen molar-refractivity contribution in [2.24, 2.45) is 0 Å². The van der Waals surface area contributed by atoms with Crippen molar-refractivity contribution < 1.29 is 17.1 Å². The Balaban J connectivity index is 0.000000907. The van der Waals surface area contributed by atoms with Crippen LogP contribution in [0.4, 0.5) is 0 Å². The summed E-state index contributed by atoms with van der Waals surface area (Å²) in [5.74, 6) is 0. The maximum Gasteiger partial charge on any atom is 0.296 e. The summed E-state index contributed by atoms with van der Waals surface area (Å²) in [5, 5.41) is 0. The van der Waals surface area contributed by atoms with E-state index in [9.17, 15) is 8.42 Å². The van der Waals surface area contributed by atoms with Gasteiger partial charge in [0.25, 0.3) is 10.1 Å². The van der Waals surface area contributed by atoms with E-state index in [2.05, 4.69) is 34.6 Å². The number of quaternary nitrogens is 1. The van der Waals surface area contributed by atoms with Gasteiger partial charge in [0.1, 0.15) is 0 Å². The summed E-state index contributed by atoms with van der Waals surface area (Å²) >= 11 is 0. The average molecular weight is 681 g/mol. The van der Waals surface area contributed by atoms with Crippen LogP contribution in [0.1, 0.15) is 202 Å². The maximum absolute atomic E-state index is 11.9. The molecule has 0 atom stereocenters. The summed E-state index contributed by atoms with van der Waals surface area (Å²) in [4.78, 5) is 0.238. The number of nitrogens with zero attached hydrogens (tertiary/aromatic N) is 1. The second-order valence-electron chi connectivity index (χ2n) is 14.2. The molecular formula is C42H82NO3S+. The lowest BCUT2D eigenvalue weighted by Gasteiger charge is -2.39. The summed E-state index contributed by atoms with van der Waals surface area (Å²) in [5.41, 5.74) is 0. The highest BCUT2D eigenvalue weighted by molar-refractivity contribution is 7.86. The minimum Gasteiger partial charge on any atom is -0.324 e. The Labute approximate surface area is 295 Å². The Morgan fingerprint density at radius 3 is 1.06 bits per heavy atom. The van der Waals surface area contributed by atoms with Crippen molar-refractivity contribution >= 4 is 10.1 Å². The molecule has 0 aliphatic carbocycles. The van der Waals surface area contributed by atoms with E-state index in [1.54, 1.807) is 30.3 Å². The van der Waals surface area contributed by atoms with Crippen LogP contribution in [0.3, 0.4) is 0 Å². The molecule has 1 aromatic rings. The predicted molar refractivity (Wildman–Crippen MR) is 208 cm³/mol. The van der Waals surface area contributed by atoms with Crippen LogP contribution in [0.2, 0.25) is 0 Å². The van der Waals surface area contributed by atoms with E-state index in [0.29, 0.717) is 0 Å². The highest BCUT2D eigenvalue weighted by Crippen LogP contribution is 2.20. The number of unbranched alkanes of at least 4 members (excludes halogenated alkanes) is 21. The molecule has 278 valence electrons. The summed E-state index contributed by atoms with van der Waals surface area (Å²) in [6, 6.07) is 8.33. The molecule has 0 amide bonds. The van der Waals surface area contributed by atoms with Crippen molar-refractivity contribution in [3.05, 3.63) is 30.3 Å². The first-order valence-electron chi connectivity index (χ1n) is 20.7. The van der Waals surface area contributed by atoms with Gasteiger partial charge in [-0.3, -0.25) is 4.18 Å². The third-order valence-electron chi connectivity index (χ3n) is 9.71. The highest BCUT2D eigenvalue weighted by atomic mass is 32.2. The molecule has 0 aromatic heterocycles. The zero-order valence-electron chi connectivity index (χ0n) is 32.4. The van der Waals surface area contributed by atoms with Gasteiger partial charge in [-0.15, -0.1) is 0 Å². The minimum absolute atomic E-state index is 0.238. The first kappa shape index (κ1) is 46.1. The van der Waals surface area contributed by atoms with E-state index in [1.807, 2.05) is 0 Å². The normalized spacial score (nSPS) is 11.9. The fraction of sp³-hybridized carbons (Fsp3) is 0.857. The van der Waals surface area contributed by atoms with Crippen LogP contribution in [0.5, 0.6) is 0 Å². The highest BCUT2D eigenvalue weighted by Gasteiger charge is 2.25. The van der Waals surface area contributed by atoms with Crippen molar-refractivity contribution in [3.8, 4) is 0 Å². The fourth-order valence-corrected chi connectivity index (χ4v) is 7.54. The van der Waals surface area contributed by atoms with Crippen LogP contribution >= 0.6 is 0 Å². The lowest BCUT2D eigenvalue weighted by molar-refractivity contribution is -0.929. The molecule has 0 heterocycles. The molecule has 0 unspecified atom stereocenters. The van der Waals surface area contributed by atoms with Gasteiger partial charge in [-0.05, 0) is 69.9 Å². The standard InChI is InChI=1S/C24H52N.C18H30O3S/c1-5-9-13-17-21-25(22-18-14-10-6-2,23-19-15-11-7-3)24-20-16-12-8-4;1-2-3-4-5-6-7-8-9-10-14-17-21-22(19,20)18-15-12-11-13-16-18/h5-24H2,1-4H3;11-13,15-16H,2-10,14,17H2,1H3/q+1;. The summed E-state index contributed by atoms with van der Waals surface area (Å²) < 4.78 is 30.3. The number of benzene rings is 1. The quantitative estimate of drug-likeness (QED) is 0.0421. The van der Waals surface area contributed by atoms with Crippen molar-refractivity contribution in [3.63, 3.8) is 0 Å². The molecule has 5 heteroatoms. The van der Waals surface area contributed by atoms with Crippen LogP contribution in [-0.4, -0.2) is 45.7 Å². The van der Waals surface area contributed by atoms with E-state index < -0.39 is 10.1 Å². The largest absolute Gasteiger partial charge is 0.324 e. The Morgan fingerprint density at radius 1 is 0.426 bits per heavy atom. The molecule has 0 saturated heterocycles. The lowest BCUT2D eigenvalue weighted by Crippen LogP contribution is -2.50. The van der Waals surface area contributed by atoms with Crippen molar-refractivity contribution in [2.75, 3.05) is 32.8 Å². The van der Waals surface area contributed by atoms with Crippen LogP contribution in [0.15, 0.2) is 35.2 Å². The summed E-state index contributed by atoms with van der Waals surface area (Å²) in [6.07, 6.45) is 35.1. The molecule has 0 N–H and O–H groups in total. The Kier molecular flexibility index (Phi) is 32.9. The molecule has 4 nitrogen and oxygen atoms in total. The van der Waals surface area contributed by atoms with Crippen LogP contribution < -0.4 is 0 Å². The van der Waals surface area contributed by atoms with Crippen molar-refractivity contribution in [1.82, 2.24) is 0 Å². The molecule has 0 bridgehead atoms. The second-order valence-corrected chi connectivity index (χ2v) is 15.9. The average Bonchev–Trinajstić information content (AvgIpc) is 3.08. The van der Waals surface area contributed by atoms with E-state index >= 15 is 0 Å². The van der Waals surface area contributed by atoms with Crippen molar-refractivity contribution in [2.45, 2.75) is 206 Å².